The largest absolute Gasteiger partial charge is 0.391 e. The van der Waals surface area contributed by atoms with Crippen LogP contribution in [0.2, 0.25) is 0 Å². The first-order valence-corrected chi connectivity index (χ1v) is 8.09. The molecule has 0 aromatic rings. The third-order valence-electron chi connectivity index (χ3n) is 4.57. The summed E-state index contributed by atoms with van der Waals surface area (Å²) in [4.78, 5) is 16.3. The Morgan fingerprint density at radius 3 is 2.38 bits per heavy atom. The average molecular weight is 327 g/mol. The lowest BCUT2D eigenvalue weighted by Gasteiger charge is -2.38. The topological polar surface area (TPSA) is 23.6 Å². The van der Waals surface area contributed by atoms with Crippen LogP contribution in [0.5, 0.6) is 0 Å². The van der Waals surface area contributed by atoms with Gasteiger partial charge < -0.3 is 4.90 Å². The predicted octanol–water partition coefficient (Wildman–Crippen LogP) is 2.74. The van der Waals surface area contributed by atoms with Gasteiger partial charge in [-0.15, -0.1) is 11.6 Å². The second-order valence-electron chi connectivity index (χ2n) is 5.96. The van der Waals surface area contributed by atoms with E-state index in [1.165, 1.54) is 0 Å². The highest BCUT2D eigenvalue weighted by Gasteiger charge is 2.44. The summed E-state index contributed by atoms with van der Waals surface area (Å²) in [5.41, 5.74) is 0. The number of piperazine rings is 1. The van der Waals surface area contributed by atoms with Gasteiger partial charge in [0.2, 0.25) is 5.91 Å². The number of carbonyl (C=O) groups excluding carboxylic acids is 1. The van der Waals surface area contributed by atoms with Crippen molar-refractivity contribution in [1.29, 1.82) is 0 Å². The number of hydrogen-bond acceptors (Lipinski definition) is 2. The highest BCUT2D eigenvalue weighted by Crippen LogP contribution is 2.40. The number of carbonyl (C=O) groups is 1. The van der Waals surface area contributed by atoms with E-state index in [1.807, 2.05) is 0 Å². The number of hydrogen-bond donors (Lipinski definition) is 0. The molecule has 0 radical (unpaired) electrons. The SMILES string of the molecule is O=C(C1CCCC(C(F)(F)F)C1)N1CCN(CCCl)CC1. The fourth-order valence-corrected chi connectivity index (χ4v) is 3.52. The van der Waals surface area contributed by atoms with Crippen LogP contribution in [0.1, 0.15) is 25.7 Å². The van der Waals surface area contributed by atoms with Gasteiger partial charge in [-0.05, 0) is 19.3 Å². The normalized spacial score (nSPS) is 28.7. The van der Waals surface area contributed by atoms with Gasteiger partial charge >= 0.3 is 6.18 Å². The zero-order valence-electron chi connectivity index (χ0n) is 12.0. The fraction of sp³-hybridized carbons (Fsp3) is 0.929. The molecule has 0 aromatic carbocycles. The molecule has 1 aliphatic heterocycles. The molecular weight excluding hydrogens is 305 g/mol. The van der Waals surface area contributed by atoms with E-state index in [9.17, 15) is 18.0 Å². The third-order valence-corrected chi connectivity index (χ3v) is 4.74. The molecule has 1 saturated heterocycles. The monoisotopic (exact) mass is 326 g/mol. The average Bonchev–Trinajstić information content (AvgIpc) is 2.47. The van der Waals surface area contributed by atoms with Gasteiger partial charge in [0, 0.05) is 44.5 Å². The molecule has 2 aliphatic rings. The third kappa shape index (κ3) is 4.49. The van der Waals surface area contributed by atoms with Crippen LogP contribution in [0, 0.1) is 11.8 Å². The Hall–Kier alpha value is -0.490. The molecule has 2 rings (SSSR count). The highest BCUT2D eigenvalue weighted by molar-refractivity contribution is 6.18. The van der Waals surface area contributed by atoms with Crippen molar-refractivity contribution in [2.24, 2.45) is 11.8 Å². The Morgan fingerprint density at radius 1 is 1.14 bits per heavy atom. The van der Waals surface area contributed by atoms with E-state index in [0.29, 0.717) is 31.8 Å². The second kappa shape index (κ2) is 7.18. The summed E-state index contributed by atoms with van der Waals surface area (Å²) in [6, 6.07) is 0. The molecule has 21 heavy (non-hydrogen) atoms. The molecule has 0 spiro atoms. The van der Waals surface area contributed by atoms with E-state index in [-0.39, 0.29) is 18.7 Å². The van der Waals surface area contributed by atoms with Crippen LogP contribution >= 0.6 is 11.6 Å². The molecule has 1 saturated carbocycles. The van der Waals surface area contributed by atoms with Gasteiger partial charge in [0.1, 0.15) is 0 Å². The first-order valence-electron chi connectivity index (χ1n) is 7.55. The Kier molecular flexibility index (Phi) is 5.77. The molecule has 2 fully saturated rings. The quantitative estimate of drug-likeness (QED) is 0.745. The van der Waals surface area contributed by atoms with Crippen molar-refractivity contribution in [3.8, 4) is 0 Å². The zero-order chi connectivity index (χ0) is 15.5. The van der Waals surface area contributed by atoms with Crippen molar-refractivity contribution in [3.63, 3.8) is 0 Å². The molecule has 0 aromatic heterocycles. The maximum atomic E-state index is 12.8. The Labute approximate surface area is 128 Å². The summed E-state index contributed by atoms with van der Waals surface area (Å²) in [6.45, 7) is 3.51. The summed E-state index contributed by atoms with van der Waals surface area (Å²) in [7, 11) is 0. The molecule has 7 heteroatoms. The van der Waals surface area contributed by atoms with Crippen LogP contribution in [0.15, 0.2) is 0 Å². The molecule has 1 heterocycles. The molecule has 0 bridgehead atoms. The van der Waals surface area contributed by atoms with E-state index in [0.717, 1.165) is 19.6 Å². The van der Waals surface area contributed by atoms with Crippen LogP contribution in [0.4, 0.5) is 13.2 Å². The van der Waals surface area contributed by atoms with Gasteiger partial charge in [-0.25, -0.2) is 0 Å². The second-order valence-corrected chi connectivity index (χ2v) is 6.34. The Morgan fingerprint density at radius 2 is 1.81 bits per heavy atom. The summed E-state index contributed by atoms with van der Waals surface area (Å²) < 4.78 is 38.4. The molecule has 1 amide bonds. The summed E-state index contributed by atoms with van der Waals surface area (Å²) in [6.07, 6.45) is -2.96. The van der Waals surface area contributed by atoms with Crippen LogP contribution in [0.25, 0.3) is 0 Å². The number of rotatable bonds is 3. The Balaban J connectivity index is 1.86. The van der Waals surface area contributed by atoms with E-state index >= 15 is 0 Å². The summed E-state index contributed by atoms with van der Waals surface area (Å²) in [5, 5.41) is 0. The lowest BCUT2D eigenvalue weighted by atomic mass is 9.80. The minimum atomic E-state index is -4.17. The van der Waals surface area contributed by atoms with Gasteiger partial charge in [-0.2, -0.15) is 13.2 Å². The first kappa shape index (κ1) is 16.9. The van der Waals surface area contributed by atoms with Gasteiger partial charge in [0.25, 0.3) is 0 Å². The van der Waals surface area contributed by atoms with Crippen LogP contribution in [-0.2, 0) is 4.79 Å². The molecule has 2 unspecified atom stereocenters. The summed E-state index contributed by atoms with van der Waals surface area (Å²) >= 11 is 5.69. The van der Waals surface area contributed by atoms with Crippen molar-refractivity contribution in [2.45, 2.75) is 31.9 Å². The van der Waals surface area contributed by atoms with Crippen molar-refractivity contribution in [1.82, 2.24) is 9.80 Å². The van der Waals surface area contributed by atoms with Crippen LogP contribution in [0.3, 0.4) is 0 Å². The van der Waals surface area contributed by atoms with Crippen molar-refractivity contribution in [3.05, 3.63) is 0 Å². The molecule has 1 aliphatic carbocycles. The number of alkyl halides is 4. The smallest absolute Gasteiger partial charge is 0.340 e. The molecule has 122 valence electrons. The van der Waals surface area contributed by atoms with Gasteiger partial charge in [-0.3, -0.25) is 9.69 Å². The number of amides is 1. The maximum Gasteiger partial charge on any atom is 0.391 e. The van der Waals surface area contributed by atoms with E-state index in [2.05, 4.69) is 4.90 Å². The van der Waals surface area contributed by atoms with Crippen molar-refractivity contribution >= 4 is 17.5 Å². The molecular formula is C14H22ClF3N2O. The summed E-state index contributed by atoms with van der Waals surface area (Å²) in [5.74, 6) is -1.29. The zero-order valence-corrected chi connectivity index (χ0v) is 12.8. The first-order chi connectivity index (χ1) is 9.91. The standard InChI is InChI=1S/C14H22ClF3N2O/c15-4-5-19-6-8-20(9-7-19)13(21)11-2-1-3-12(10-11)14(16,17)18/h11-12H,1-10H2. The van der Waals surface area contributed by atoms with Gasteiger partial charge in [-0.1, -0.05) is 6.42 Å². The lowest BCUT2D eigenvalue weighted by molar-refractivity contribution is -0.187. The fourth-order valence-electron chi connectivity index (χ4n) is 3.28. The lowest BCUT2D eigenvalue weighted by Crippen LogP contribution is -2.51. The predicted molar refractivity (Wildman–Crippen MR) is 75.2 cm³/mol. The minimum Gasteiger partial charge on any atom is -0.340 e. The van der Waals surface area contributed by atoms with Crippen molar-refractivity contribution in [2.75, 3.05) is 38.6 Å². The van der Waals surface area contributed by atoms with Gasteiger partial charge in [0.15, 0.2) is 0 Å². The molecule has 0 N–H and O–H groups in total. The number of nitrogens with zero attached hydrogens (tertiary/aromatic N) is 2. The van der Waals surface area contributed by atoms with Gasteiger partial charge in [0.05, 0.1) is 5.92 Å². The highest BCUT2D eigenvalue weighted by atomic mass is 35.5. The maximum absolute atomic E-state index is 12.8. The van der Waals surface area contributed by atoms with Crippen molar-refractivity contribution < 1.29 is 18.0 Å². The van der Waals surface area contributed by atoms with Crippen LogP contribution < -0.4 is 0 Å². The minimum absolute atomic E-state index is 0.0375. The van der Waals surface area contributed by atoms with E-state index in [1.54, 1.807) is 4.90 Å². The van der Waals surface area contributed by atoms with E-state index in [4.69, 9.17) is 11.6 Å². The van der Waals surface area contributed by atoms with E-state index < -0.39 is 18.0 Å². The molecule has 3 nitrogen and oxygen atoms in total. The van der Waals surface area contributed by atoms with Crippen LogP contribution in [-0.4, -0.2) is 60.5 Å². The Bertz CT molecular complexity index is 357. The number of halogens is 4. The molecule has 2 atom stereocenters.